The van der Waals surface area contributed by atoms with Crippen molar-refractivity contribution in [3.05, 3.63) is 124 Å². The molecule has 5 aromatic rings. The van der Waals surface area contributed by atoms with E-state index in [1.165, 1.54) is 20.4 Å². The second-order valence-electron chi connectivity index (χ2n) is 9.83. The standard InChI is InChI=1S/C34H32ClN3O6/c1-22-9-10-23(2)38(22)26-11-13-27(14-12-26)42-21-28-15-16-30(44-28)34(39)37-36-19-24-17-31(40-3)33(32(18-24)41-4)43-20-25-7-5-6-8-29(25)35/h5-19H,20-21H2,1-4H3,(H,37,39)/b36-19+. The number of carbonyl (C=O) groups is 1. The number of carbonyl (C=O) groups excluding carboxylic acids is 1. The number of nitrogens with zero attached hydrogens (tertiary/aromatic N) is 2. The van der Waals surface area contributed by atoms with E-state index in [9.17, 15) is 4.79 Å². The SMILES string of the molecule is COc1cc(/C=N/NC(=O)c2ccc(COc3ccc(-n4c(C)ccc4C)cc3)o2)cc(OC)c1OCc1ccccc1Cl. The van der Waals surface area contributed by atoms with Gasteiger partial charge in [-0.05, 0) is 80.6 Å². The molecule has 1 N–H and O–H groups in total. The third-order valence-corrected chi connectivity index (χ3v) is 7.19. The van der Waals surface area contributed by atoms with Gasteiger partial charge in [0.25, 0.3) is 0 Å². The minimum Gasteiger partial charge on any atom is -0.493 e. The summed E-state index contributed by atoms with van der Waals surface area (Å²) in [6.45, 7) is 4.54. The maximum atomic E-state index is 12.6. The predicted octanol–water partition coefficient (Wildman–Crippen LogP) is 7.28. The fourth-order valence-corrected chi connectivity index (χ4v) is 4.79. The normalized spacial score (nSPS) is 11.0. The number of halogens is 1. The molecule has 10 heteroatoms. The lowest BCUT2D eigenvalue weighted by Gasteiger charge is -2.15. The van der Waals surface area contributed by atoms with Crippen LogP contribution >= 0.6 is 11.6 Å². The monoisotopic (exact) mass is 613 g/mol. The van der Waals surface area contributed by atoms with Gasteiger partial charge in [-0.2, -0.15) is 5.10 Å². The van der Waals surface area contributed by atoms with Gasteiger partial charge in [0.1, 0.15) is 24.7 Å². The number of benzene rings is 3. The highest BCUT2D eigenvalue weighted by molar-refractivity contribution is 6.31. The number of methoxy groups -OCH3 is 2. The van der Waals surface area contributed by atoms with E-state index in [1.807, 2.05) is 42.5 Å². The summed E-state index contributed by atoms with van der Waals surface area (Å²) in [5.74, 6) is 2.08. The molecular formula is C34H32ClN3O6. The Hall–Kier alpha value is -5.15. The molecule has 2 heterocycles. The average Bonchev–Trinajstić information content (AvgIpc) is 3.65. The van der Waals surface area contributed by atoms with Gasteiger partial charge in [-0.3, -0.25) is 4.79 Å². The molecule has 0 bridgehead atoms. The lowest BCUT2D eigenvalue weighted by atomic mass is 10.2. The van der Waals surface area contributed by atoms with Gasteiger partial charge in [0.15, 0.2) is 17.3 Å². The minimum atomic E-state index is -0.507. The third kappa shape index (κ3) is 7.07. The highest BCUT2D eigenvalue weighted by Crippen LogP contribution is 2.39. The fraction of sp³-hybridized carbons (Fsp3) is 0.176. The van der Waals surface area contributed by atoms with Crippen molar-refractivity contribution < 1.29 is 28.2 Å². The van der Waals surface area contributed by atoms with Crippen LogP contribution in [-0.4, -0.2) is 30.9 Å². The van der Waals surface area contributed by atoms with E-state index >= 15 is 0 Å². The third-order valence-electron chi connectivity index (χ3n) is 6.83. The smallest absolute Gasteiger partial charge is 0.307 e. The van der Waals surface area contributed by atoms with E-state index in [-0.39, 0.29) is 19.0 Å². The second-order valence-corrected chi connectivity index (χ2v) is 10.2. The van der Waals surface area contributed by atoms with Gasteiger partial charge in [-0.1, -0.05) is 29.8 Å². The number of amides is 1. The molecule has 9 nitrogen and oxygen atoms in total. The summed E-state index contributed by atoms with van der Waals surface area (Å²) in [4.78, 5) is 12.6. The minimum absolute atomic E-state index is 0.105. The van der Waals surface area contributed by atoms with E-state index in [1.54, 1.807) is 30.3 Å². The molecular weight excluding hydrogens is 582 g/mol. The molecule has 0 saturated carbocycles. The van der Waals surface area contributed by atoms with Crippen LogP contribution in [0.4, 0.5) is 0 Å². The fourth-order valence-electron chi connectivity index (χ4n) is 4.60. The van der Waals surface area contributed by atoms with Gasteiger partial charge in [-0.25, -0.2) is 5.43 Å². The summed E-state index contributed by atoms with van der Waals surface area (Å²) in [6.07, 6.45) is 1.47. The molecule has 3 aromatic carbocycles. The van der Waals surface area contributed by atoms with Crippen LogP contribution in [0, 0.1) is 13.8 Å². The summed E-state index contributed by atoms with van der Waals surface area (Å²) in [5.41, 5.74) is 7.30. The lowest BCUT2D eigenvalue weighted by molar-refractivity contribution is 0.0923. The van der Waals surface area contributed by atoms with Crippen LogP contribution in [0.1, 0.15) is 38.8 Å². The molecule has 0 radical (unpaired) electrons. The molecule has 0 unspecified atom stereocenters. The number of ether oxygens (including phenoxy) is 4. The van der Waals surface area contributed by atoms with Crippen LogP contribution in [0.5, 0.6) is 23.0 Å². The zero-order valence-corrected chi connectivity index (χ0v) is 25.6. The number of hydrazone groups is 1. The topological polar surface area (TPSA) is 96.5 Å². The Balaban J connectivity index is 1.17. The molecule has 2 aromatic heterocycles. The quantitative estimate of drug-likeness (QED) is 0.117. The molecule has 0 aliphatic heterocycles. The van der Waals surface area contributed by atoms with Crippen molar-refractivity contribution in [3.63, 3.8) is 0 Å². The Morgan fingerprint density at radius 3 is 2.23 bits per heavy atom. The van der Waals surface area contributed by atoms with Crippen molar-refractivity contribution in [3.8, 4) is 28.7 Å². The number of rotatable bonds is 12. The molecule has 0 aliphatic carbocycles. The first-order chi connectivity index (χ1) is 21.4. The van der Waals surface area contributed by atoms with Gasteiger partial charge >= 0.3 is 5.91 Å². The number of furan rings is 1. The molecule has 226 valence electrons. The molecule has 0 saturated heterocycles. The van der Waals surface area contributed by atoms with Crippen LogP contribution in [0.2, 0.25) is 5.02 Å². The molecule has 0 aliphatic rings. The molecule has 0 spiro atoms. The zero-order chi connectivity index (χ0) is 31.1. The van der Waals surface area contributed by atoms with Crippen LogP contribution in [0.3, 0.4) is 0 Å². The highest BCUT2D eigenvalue weighted by atomic mass is 35.5. The average molecular weight is 614 g/mol. The van der Waals surface area contributed by atoms with Crippen molar-refractivity contribution in [1.29, 1.82) is 0 Å². The predicted molar refractivity (Wildman–Crippen MR) is 169 cm³/mol. The second kappa shape index (κ2) is 13.9. The van der Waals surface area contributed by atoms with Crippen molar-refractivity contribution in [2.75, 3.05) is 14.2 Å². The molecule has 44 heavy (non-hydrogen) atoms. The van der Waals surface area contributed by atoms with Gasteiger partial charge in [0.2, 0.25) is 5.75 Å². The zero-order valence-electron chi connectivity index (χ0n) is 24.8. The van der Waals surface area contributed by atoms with Gasteiger partial charge in [0.05, 0.1) is 20.4 Å². The van der Waals surface area contributed by atoms with Gasteiger partial charge in [0, 0.05) is 33.2 Å². The molecule has 5 rings (SSSR count). The summed E-state index contributed by atoms with van der Waals surface area (Å²) < 4.78 is 30.7. The van der Waals surface area contributed by atoms with E-state index in [0.29, 0.717) is 39.3 Å². The summed E-state index contributed by atoms with van der Waals surface area (Å²) >= 11 is 6.25. The van der Waals surface area contributed by atoms with E-state index < -0.39 is 5.91 Å². The van der Waals surface area contributed by atoms with E-state index in [4.69, 9.17) is 35.0 Å². The maximum absolute atomic E-state index is 12.6. The first-order valence-electron chi connectivity index (χ1n) is 13.8. The van der Waals surface area contributed by atoms with Crippen molar-refractivity contribution in [1.82, 2.24) is 9.99 Å². The van der Waals surface area contributed by atoms with E-state index in [2.05, 4.69) is 41.1 Å². The Morgan fingerprint density at radius 2 is 1.57 bits per heavy atom. The first-order valence-corrected chi connectivity index (χ1v) is 14.2. The number of hydrogen-bond donors (Lipinski definition) is 1. The van der Waals surface area contributed by atoms with Crippen LogP contribution in [0.15, 0.2) is 94.4 Å². The summed E-state index contributed by atoms with van der Waals surface area (Å²) in [7, 11) is 3.05. The van der Waals surface area contributed by atoms with Crippen molar-refractivity contribution >= 4 is 23.7 Å². The van der Waals surface area contributed by atoms with Crippen LogP contribution in [0.25, 0.3) is 5.69 Å². The molecule has 0 fully saturated rings. The number of aryl methyl sites for hydroxylation is 2. The summed E-state index contributed by atoms with van der Waals surface area (Å²) in [5, 5.41) is 4.66. The van der Waals surface area contributed by atoms with Crippen molar-refractivity contribution in [2.45, 2.75) is 27.1 Å². The lowest BCUT2D eigenvalue weighted by Crippen LogP contribution is -2.16. The Labute approximate surface area is 260 Å². The Kier molecular flexibility index (Phi) is 9.56. The largest absolute Gasteiger partial charge is 0.493 e. The highest BCUT2D eigenvalue weighted by Gasteiger charge is 2.16. The Bertz CT molecular complexity index is 1730. The molecule has 1 amide bonds. The first kappa shape index (κ1) is 30.3. The van der Waals surface area contributed by atoms with Gasteiger partial charge in [-0.15, -0.1) is 0 Å². The number of aromatic nitrogens is 1. The van der Waals surface area contributed by atoms with Crippen molar-refractivity contribution in [2.24, 2.45) is 5.10 Å². The number of nitrogens with one attached hydrogen (secondary N) is 1. The summed E-state index contributed by atoms with van der Waals surface area (Å²) in [6, 6.07) is 26.1. The molecule has 0 atom stereocenters. The van der Waals surface area contributed by atoms with E-state index in [0.717, 1.165) is 22.6 Å². The van der Waals surface area contributed by atoms with Gasteiger partial charge < -0.3 is 27.9 Å². The Morgan fingerprint density at radius 1 is 0.886 bits per heavy atom. The van der Waals surface area contributed by atoms with Crippen LogP contribution in [-0.2, 0) is 13.2 Å². The maximum Gasteiger partial charge on any atom is 0.307 e. The van der Waals surface area contributed by atoms with Crippen LogP contribution < -0.4 is 24.4 Å². The number of hydrogen-bond acceptors (Lipinski definition) is 7.